The summed E-state index contributed by atoms with van der Waals surface area (Å²) in [7, 11) is 0. The predicted octanol–water partition coefficient (Wildman–Crippen LogP) is 2.61. The molecular weight excluding hydrogens is 238 g/mol. The van der Waals surface area contributed by atoms with E-state index in [0.29, 0.717) is 11.6 Å². The van der Waals surface area contributed by atoms with Gasteiger partial charge in [-0.15, -0.1) is 0 Å². The molecule has 17 heavy (non-hydrogen) atoms. The lowest BCUT2D eigenvalue weighted by Gasteiger charge is -2.26. The maximum Gasteiger partial charge on any atom is 0.226 e. The summed E-state index contributed by atoms with van der Waals surface area (Å²) in [5.74, 6) is 1.43. The Labute approximate surface area is 104 Å². The number of hydrogen-bond donors (Lipinski definition) is 2. The first kappa shape index (κ1) is 10.8. The van der Waals surface area contributed by atoms with Gasteiger partial charge in [-0.3, -0.25) is 0 Å². The second kappa shape index (κ2) is 3.57. The molecule has 0 aliphatic heterocycles. The highest BCUT2D eigenvalue weighted by Crippen LogP contribution is 2.41. The molecule has 2 aromatic rings. The fourth-order valence-electron chi connectivity index (χ4n) is 2.11. The Morgan fingerprint density at radius 3 is 2.88 bits per heavy atom. The van der Waals surface area contributed by atoms with Crippen molar-refractivity contribution in [3.05, 3.63) is 11.6 Å². The molecular formula is C11H14ClN5. The van der Waals surface area contributed by atoms with Crippen molar-refractivity contribution in [1.82, 2.24) is 19.9 Å². The Morgan fingerprint density at radius 2 is 2.18 bits per heavy atom. The molecule has 0 radical (unpaired) electrons. The monoisotopic (exact) mass is 251 g/mol. The van der Waals surface area contributed by atoms with Crippen molar-refractivity contribution in [3.8, 4) is 0 Å². The van der Waals surface area contributed by atoms with Gasteiger partial charge >= 0.3 is 0 Å². The van der Waals surface area contributed by atoms with E-state index >= 15 is 0 Å². The van der Waals surface area contributed by atoms with Gasteiger partial charge in [0.1, 0.15) is 5.52 Å². The lowest BCUT2D eigenvalue weighted by Crippen LogP contribution is -2.33. The van der Waals surface area contributed by atoms with E-state index < -0.39 is 0 Å². The van der Waals surface area contributed by atoms with E-state index in [2.05, 4.69) is 39.1 Å². The van der Waals surface area contributed by atoms with Gasteiger partial charge < -0.3 is 10.3 Å². The number of aromatic nitrogens is 4. The topological polar surface area (TPSA) is 66.5 Å². The van der Waals surface area contributed by atoms with E-state index in [1.165, 1.54) is 12.8 Å². The maximum absolute atomic E-state index is 5.89. The van der Waals surface area contributed by atoms with Crippen molar-refractivity contribution in [2.24, 2.45) is 5.92 Å². The zero-order valence-electron chi connectivity index (χ0n) is 9.79. The van der Waals surface area contributed by atoms with Gasteiger partial charge in [0.05, 0.1) is 6.33 Å². The molecule has 6 heteroatoms. The van der Waals surface area contributed by atoms with Crippen molar-refractivity contribution in [1.29, 1.82) is 0 Å². The van der Waals surface area contributed by atoms with Gasteiger partial charge in [0.25, 0.3) is 0 Å². The van der Waals surface area contributed by atoms with Gasteiger partial charge in [-0.25, -0.2) is 4.98 Å². The summed E-state index contributed by atoms with van der Waals surface area (Å²) in [6.45, 7) is 4.37. The molecule has 2 heterocycles. The van der Waals surface area contributed by atoms with Crippen LogP contribution in [-0.4, -0.2) is 25.5 Å². The first-order valence-electron chi connectivity index (χ1n) is 5.71. The van der Waals surface area contributed by atoms with Crippen molar-refractivity contribution in [3.63, 3.8) is 0 Å². The summed E-state index contributed by atoms with van der Waals surface area (Å²) in [5, 5.41) is 3.66. The van der Waals surface area contributed by atoms with Gasteiger partial charge in [0.2, 0.25) is 5.28 Å². The minimum atomic E-state index is 0.0235. The van der Waals surface area contributed by atoms with Crippen LogP contribution >= 0.6 is 11.6 Å². The smallest absolute Gasteiger partial charge is 0.226 e. The standard InChI is InChI=1S/C11H14ClN5/c1-11(2,6-3-4-6)17-9-7-8(14-5-13-7)15-10(12)16-9/h5-6H,3-4H2,1-2H3,(H2,13,14,15,16,17). The fourth-order valence-corrected chi connectivity index (χ4v) is 2.27. The zero-order chi connectivity index (χ0) is 12.0. The van der Waals surface area contributed by atoms with E-state index in [4.69, 9.17) is 11.6 Å². The minimum Gasteiger partial charge on any atom is -0.363 e. The third-order valence-corrected chi connectivity index (χ3v) is 3.47. The molecule has 2 N–H and O–H groups in total. The molecule has 1 aliphatic rings. The van der Waals surface area contributed by atoms with E-state index in [9.17, 15) is 0 Å². The number of H-pyrrole nitrogens is 1. The average Bonchev–Trinajstić information content (AvgIpc) is 2.99. The number of nitrogens with one attached hydrogen (secondary N) is 2. The van der Waals surface area contributed by atoms with Crippen LogP contribution < -0.4 is 5.32 Å². The lowest BCUT2D eigenvalue weighted by atomic mass is 9.99. The SMILES string of the molecule is CC(C)(Nc1nc(Cl)nc2nc[nH]c12)C1CC1. The van der Waals surface area contributed by atoms with Crippen LogP contribution in [0.25, 0.3) is 11.2 Å². The first-order valence-corrected chi connectivity index (χ1v) is 6.09. The van der Waals surface area contributed by atoms with Gasteiger partial charge in [-0.1, -0.05) is 0 Å². The lowest BCUT2D eigenvalue weighted by molar-refractivity contribution is 0.493. The number of fused-ring (bicyclic) bond motifs is 1. The predicted molar refractivity (Wildman–Crippen MR) is 67.1 cm³/mol. The van der Waals surface area contributed by atoms with Gasteiger partial charge in [-0.05, 0) is 44.2 Å². The highest BCUT2D eigenvalue weighted by atomic mass is 35.5. The Balaban J connectivity index is 2.01. The molecule has 3 rings (SSSR count). The number of imidazole rings is 1. The number of anilines is 1. The van der Waals surface area contributed by atoms with Crippen LogP contribution in [-0.2, 0) is 0 Å². The Bertz CT molecular complexity index is 558. The molecule has 0 spiro atoms. The number of nitrogens with zero attached hydrogens (tertiary/aromatic N) is 3. The van der Waals surface area contributed by atoms with Gasteiger partial charge in [0, 0.05) is 5.54 Å². The number of hydrogen-bond acceptors (Lipinski definition) is 4. The molecule has 1 saturated carbocycles. The zero-order valence-corrected chi connectivity index (χ0v) is 10.5. The molecule has 0 saturated heterocycles. The van der Waals surface area contributed by atoms with Crippen molar-refractivity contribution >= 4 is 28.6 Å². The van der Waals surface area contributed by atoms with Crippen molar-refractivity contribution < 1.29 is 0 Å². The molecule has 0 unspecified atom stereocenters. The van der Waals surface area contributed by atoms with E-state index in [1.807, 2.05) is 0 Å². The molecule has 0 bridgehead atoms. The number of aromatic amines is 1. The quantitative estimate of drug-likeness (QED) is 0.823. The number of rotatable bonds is 3. The second-order valence-corrected chi connectivity index (χ2v) is 5.40. The van der Waals surface area contributed by atoms with Crippen LogP contribution in [0.1, 0.15) is 26.7 Å². The van der Waals surface area contributed by atoms with Gasteiger partial charge in [0.15, 0.2) is 11.5 Å². The van der Waals surface area contributed by atoms with Crippen molar-refractivity contribution in [2.75, 3.05) is 5.32 Å². The van der Waals surface area contributed by atoms with E-state index in [0.717, 1.165) is 11.3 Å². The molecule has 1 fully saturated rings. The normalized spacial score (nSPS) is 16.4. The van der Waals surface area contributed by atoms with Crippen molar-refractivity contribution in [2.45, 2.75) is 32.2 Å². The Kier molecular flexibility index (Phi) is 2.26. The highest BCUT2D eigenvalue weighted by molar-refractivity contribution is 6.28. The van der Waals surface area contributed by atoms with Crippen LogP contribution in [0.5, 0.6) is 0 Å². The van der Waals surface area contributed by atoms with Crippen LogP contribution in [0, 0.1) is 5.92 Å². The Morgan fingerprint density at radius 1 is 1.41 bits per heavy atom. The third kappa shape index (κ3) is 1.95. The van der Waals surface area contributed by atoms with Gasteiger partial charge in [-0.2, -0.15) is 9.97 Å². The summed E-state index contributed by atoms with van der Waals surface area (Å²) < 4.78 is 0. The summed E-state index contributed by atoms with van der Waals surface area (Å²) in [4.78, 5) is 15.4. The maximum atomic E-state index is 5.89. The third-order valence-electron chi connectivity index (χ3n) is 3.30. The van der Waals surface area contributed by atoms with E-state index in [1.54, 1.807) is 6.33 Å². The minimum absolute atomic E-state index is 0.0235. The molecule has 0 amide bonds. The fraction of sp³-hybridized carbons (Fsp3) is 0.545. The molecule has 90 valence electrons. The molecule has 0 atom stereocenters. The molecule has 5 nitrogen and oxygen atoms in total. The van der Waals surface area contributed by atoms with E-state index in [-0.39, 0.29) is 10.8 Å². The Hall–Kier alpha value is -1.36. The van der Waals surface area contributed by atoms with Crippen LogP contribution in [0.4, 0.5) is 5.82 Å². The molecule has 1 aliphatic carbocycles. The second-order valence-electron chi connectivity index (χ2n) is 5.06. The highest BCUT2D eigenvalue weighted by Gasteiger charge is 2.38. The first-order chi connectivity index (χ1) is 8.06. The average molecular weight is 252 g/mol. The summed E-state index contributed by atoms with van der Waals surface area (Å²) in [5.41, 5.74) is 1.43. The van der Waals surface area contributed by atoms with Crippen LogP contribution in [0.2, 0.25) is 5.28 Å². The molecule has 0 aromatic carbocycles. The van der Waals surface area contributed by atoms with Crippen LogP contribution in [0.15, 0.2) is 6.33 Å². The largest absolute Gasteiger partial charge is 0.363 e. The summed E-state index contributed by atoms with van der Waals surface area (Å²) in [6, 6.07) is 0. The summed E-state index contributed by atoms with van der Waals surface area (Å²) in [6.07, 6.45) is 4.14. The number of halogens is 1. The van der Waals surface area contributed by atoms with Crippen LogP contribution in [0.3, 0.4) is 0 Å². The summed E-state index contributed by atoms with van der Waals surface area (Å²) >= 11 is 5.89. The molecule has 2 aromatic heterocycles.